The van der Waals surface area contributed by atoms with Gasteiger partial charge in [-0.3, -0.25) is 9.59 Å². The van der Waals surface area contributed by atoms with Crippen LogP contribution in [0.4, 0.5) is 0 Å². The van der Waals surface area contributed by atoms with Crippen molar-refractivity contribution in [2.75, 3.05) is 6.61 Å². The van der Waals surface area contributed by atoms with Gasteiger partial charge in [-0.25, -0.2) is 4.98 Å². The Bertz CT molecular complexity index is 658. The van der Waals surface area contributed by atoms with E-state index in [0.29, 0.717) is 11.8 Å². The van der Waals surface area contributed by atoms with Gasteiger partial charge in [0, 0.05) is 12.8 Å². The smallest absolute Gasteiger partial charge is 0.302 e. The SMILES string of the molecule is C=C1CC=c2ncc(=O)[nH]c2=CC1COC(C)=O. The normalized spacial score (nSPS) is 18.1. The molecule has 1 aliphatic rings. The first-order chi connectivity index (χ1) is 8.56. The van der Waals surface area contributed by atoms with Gasteiger partial charge in [-0.15, -0.1) is 0 Å². The Labute approximate surface area is 104 Å². The van der Waals surface area contributed by atoms with Crippen molar-refractivity contribution >= 4 is 18.1 Å². The van der Waals surface area contributed by atoms with Gasteiger partial charge in [0.15, 0.2) is 0 Å². The third-order valence-corrected chi connectivity index (χ3v) is 2.77. The number of carbonyl (C=O) groups excluding carboxylic acids is 1. The minimum Gasteiger partial charge on any atom is -0.465 e. The summed E-state index contributed by atoms with van der Waals surface area (Å²) in [7, 11) is 0. The number of ether oxygens (including phenoxy) is 1. The molecule has 1 aliphatic carbocycles. The van der Waals surface area contributed by atoms with E-state index in [4.69, 9.17) is 4.74 Å². The van der Waals surface area contributed by atoms with Crippen molar-refractivity contribution in [1.29, 1.82) is 0 Å². The Morgan fingerprint density at radius 1 is 1.67 bits per heavy atom. The highest BCUT2D eigenvalue weighted by atomic mass is 16.5. The van der Waals surface area contributed by atoms with Gasteiger partial charge in [0.1, 0.15) is 6.61 Å². The first-order valence-electron chi connectivity index (χ1n) is 5.64. The lowest BCUT2D eigenvalue weighted by atomic mass is 9.99. The molecular formula is C13H14N2O3. The van der Waals surface area contributed by atoms with Gasteiger partial charge in [0.05, 0.1) is 16.9 Å². The highest BCUT2D eigenvalue weighted by Crippen LogP contribution is 2.16. The molecule has 0 radical (unpaired) electrons. The summed E-state index contributed by atoms with van der Waals surface area (Å²) in [4.78, 5) is 28.9. The van der Waals surface area contributed by atoms with E-state index in [1.165, 1.54) is 13.1 Å². The zero-order valence-electron chi connectivity index (χ0n) is 10.1. The number of H-pyrrole nitrogens is 1. The Kier molecular flexibility index (Phi) is 3.41. The number of aromatic nitrogens is 2. The fraction of sp³-hybridized carbons (Fsp3) is 0.308. The number of hydrogen-bond donors (Lipinski definition) is 1. The quantitative estimate of drug-likeness (QED) is 0.562. The maximum absolute atomic E-state index is 11.2. The lowest BCUT2D eigenvalue weighted by Gasteiger charge is -2.13. The molecule has 1 unspecified atom stereocenters. The Morgan fingerprint density at radius 3 is 3.17 bits per heavy atom. The molecule has 1 aromatic rings. The van der Waals surface area contributed by atoms with E-state index in [-0.39, 0.29) is 24.1 Å². The van der Waals surface area contributed by atoms with E-state index in [1.807, 2.05) is 12.2 Å². The number of carbonyl (C=O) groups is 1. The molecule has 0 saturated heterocycles. The van der Waals surface area contributed by atoms with Crippen LogP contribution >= 0.6 is 0 Å². The average Bonchev–Trinajstić information content (AvgIpc) is 2.46. The van der Waals surface area contributed by atoms with Crippen LogP contribution < -0.4 is 16.3 Å². The average molecular weight is 246 g/mol. The molecule has 1 heterocycles. The zero-order valence-corrected chi connectivity index (χ0v) is 10.1. The first kappa shape index (κ1) is 12.3. The number of aromatic amines is 1. The predicted molar refractivity (Wildman–Crippen MR) is 66.9 cm³/mol. The maximum atomic E-state index is 11.2. The molecule has 0 aliphatic heterocycles. The van der Waals surface area contributed by atoms with Crippen LogP contribution in [0.2, 0.25) is 0 Å². The molecule has 5 nitrogen and oxygen atoms in total. The lowest BCUT2D eigenvalue weighted by Crippen LogP contribution is -2.36. The molecule has 0 amide bonds. The van der Waals surface area contributed by atoms with Crippen LogP contribution in [0.5, 0.6) is 0 Å². The van der Waals surface area contributed by atoms with Crippen LogP contribution in [0.25, 0.3) is 12.2 Å². The molecule has 1 N–H and O–H groups in total. The highest BCUT2D eigenvalue weighted by Gasteiger charge is 2.13. The summed E-state index contributed by atoms with van der Waals surface area (Å²) in [6.07, 6.45) is 5.63. The molecule has 94 valence electrons. The van der Waals surface area contributed by atoms with Crippen molar-refractivity contribution in [3.05, 3.63) is 39.4 Å². The van der Waals surface area contributed by atoms with E-state index in [2.05, 4.69) is 16.5 Å². The predicted octanol–water partition coefficient (Wildman–Crippen LogP) is -0.530. The standard InChI is InChI=1S/C13H14N2O3/c1-8-3-4-11-12(15-13(17)6-14-11)5-10(8)7-18-9(2)16/h4-6,10H,1,3,7H2,2H3,(H,15,17). The number of hydrogen-bond acceptors (Lipinski definition) is 4. The fourth-order valence-electron chi connectivity index (χ4n) is 1.79. The molecule has 1 aromatic heterocycles. The number of fused-ring (bicyclic) bond motifs is 1. The second kappa shape index (κ2) is 5.00. The van der Waals surface area contributed by atoms with E-state index in [0.717, 1.165) is 10.9 Å². The Balaban J connectivity index is 2.42. The summed E-state index contributed by atoms with van der Waals surface area (Å²) >= 11 is 0. The zero-order chi connectivity index (χ0) is 13.1. The van der Waals surface area contributed by atoms with Gasteiger partial charge >= 0.3 is 5.97 Å². The van der Waals surface area contributed by atoms with Gasteiger partial charge in [-0.2, -0.15) is 0 Å². The maximum Gasteiger partial charge on any atom is 0.302 e. The van der Waals surface area contributed by atoms with Crippen LogP contribution in [-0.4, -0.2) is 22.5 Å². The molecule has 5 heteroatoms. The van der Waals surface area contributed by atoms with Crippen LogP contribution in [0.1, 0.15) is 13.3 Å². The summed E-state index contributed by atoms with van der Waals surface area (Å²) in [6, 6.07) is 0. The molecule has 0 bridgehead atoms. The third-order valence-electron chi connectivity index (χ3n) is 2.77. The van der Waals surface area contributed by atoms with Crippen molar-refractivity contribution in [2.45, 2.75) is 13.3 Å². The number of esters is 1. The van der Waals surface area contributed by atoms with Crippen LogP contribution in [0.3, 0.4) is 0 Å². The molecule has 0 fully saturated rings. The summed E-state index contributed by atoms with van der Waals surface area (Å²) in [5.74, 6) is -0.435. The fourth-order valence-corrected chi connectivity index (χ4v) is 1.79. The minimum absolute atomic E-state index is 0.105. The van der Waals surface area contributed by atoms with Crippen molar-refractivity contribution in [2.24, 2.45) is 5.92 Å². The second-order valence-corrected chi connectivity index (χ2v) is 4.19. The number of rotatable bonds is 2. The van der Waals surface area contributed by atoms with Crippen LogP contribution in [0, 0.1) is 5.92 Å². The van der Waals surface area contributed by atoms with Crippen molar-refractivity contribution in [3.8, 4) is 0 Å². The monoisotopic (exact) mass is 246 g/mol. The topological polar surface area (TPSA) is 72.1 Å². The van der Waals surface area contributed by atoms with E-state index >= 15 is 0 Å². The molecule has 18 heavy (non-hydrogen) atoms. The summed E-state index contributed by atoms with van der Waals surface area (Å²) in [5.41, 5.74) is 0.673. The Hall–Kier alpha value is -2.17. The first-order valence-corrected chi connectivity index (χ1v) is 5.64. The molecule has 0 saturated carbocycles. The van der Waals surface area contributed by atoms with Gasteiger partial charge in [0.2, 0.25) is 0 Å². The summed E-state index contributed by atoms with van der Waals surface area (Å²) < 4.78 is 5.00. The molecule has 2 rings (SSSR count). The van der Waals surface area contributed by atoms with Crippen molar-refractivity contribution in [1.82, 2.24) is 9.97 Å². The summed E-state index contributed by atoms with van der Waals surface area (Å²) in [6.45, 7) is 5.56. The minimum atomic E-state index is -0.329. The van der Waals surface area contributed by atoms with E-state index in [1.54, 1.807) is 0 Å². The number of nitrogens with zero attached hydrogens (tertiary/aromatic N) is 1. The second-order valence-electron chi connectivity index (χ2n) is 4.19. The van der Waals surface area contributed by atoms with E-state index in [9.17, 15) is 9.59 Å². The van der Waals surface area contributed by atoms with Gasteiger partial charge in [0.25, 0.3) is 5.56 Å². The highest BCUT2D eigenvalue weighted by molar-refractivity contribution is 5.66. The van der Waals surface area contributed by atoms with Crippen LogP contribution in [-0.2, 0) is 9.53 Å². The van der Waals surface area contributed by atoms with Gasteiger partial charge < -0.3 is 9.72 Å². The largest absolute Gasteiger partial charge is 0.465 e. The van der Waals surface area contributed by atoms with E-state index < -0.39 is 0 Å². The van der Waals surface area contributed by atoms with Crippen molar-refractivity contribution < 1.29 is 9.53 Å². The lowest BCUT2D eigenvalue weighted by molar-refractivity contribution is -0.141. The third kappa shape index (κ3) is 2.74. The molecular weight excluding hydrogens is 232 g/mol. The summed E-state index contributed by atoms with van der Waals surface area (Å²) in [5, 5.41) is 1.37. The Morgan fingerprint density at radius 2 is 2.44 bits per heavy atom. The van der Waals surface area contributed by atoms with Crippen LogP contribution in [0.15, 0.2) is 23.1 Å². The number of nitrogens with one attached hydrogen (secondary N) is 1. The molecule has 0 spiro atoms. The molecule has 1 atom stereocenters. The van der Waals surface area contributed by atoms with Crippen molar-refractivity contribution in [3.63, 3.8) is 0 Å². The van der Waals surface area contributed by atoms with Gasteiger partial charge in [-0.1, -0.05) is 18.2 Å². The molecule has 0 aromatic carbocycles. The van der Waals surface area contributed by atoms with Gasteiger partial charge in [-0.05, 0) is 12.5 Å².